The van der Waals surface area contributed by atoms with Crippen LogP contribution in [0, 0.1) is 11.3 Å². The van der Waals surface area contributed by atoms with Gasteiger partial charge in [-0.05, 0) is 44.4 Å². The fourth-order valence-corrected chi connectivity index (χ4v) is 3.71. The summed E-state index contributed by atoms with van der Waals surface area (Å²) in [5, 5.41) is 13.1. The molecule has 1 fully saturated rings. The standard InChI is InChI=1S/C14H30N2O/c1-10-7-13(4,5)8-14(10,9-15)16-11(2)6-12(3)17/h10-12,16-17H,6-9,15H2,1-5H3. The summed E-state index contributed by atoms with van der Waals surface area (Å²) in [6, 6.07) is 0.315. The quantitative estimate of drug-likeness (QED) is 0.690. The molecule has 17 heavy (non-hydrogen) atoms. The summed E-state index contributed by atoms with van der Waals surface area (Å²) in [4.78, 5) is 0. The van der Waals surface area contributed by atoms with E-state index >= 15 is 0 Å². The molecule has 4 N–H and O–H groups in total. The lowest BCUT2D eigenvalue weighted by atomic mass is 9.85. The minimum Gasteiger partial charge on any atom is -0.393 e. The van der Waals surface area contributed by atoms with E-state index in [9.17, 15) is 5.11 Å². The van der Waals surface area contributed by atoms with E-state index in [2.05, 4.69) is 33.0 Å². The fraction of sp³-hybridized carbons (Fsp3) is 1.00. The molecule has 1 rings (SSSR count). The third kappa shape index (κ3) is 3.67. The lowest BCUT2D eigenvalue weighted by Crippen LogP contribution is -2.57. The van der Waals surface area contributed by atoms with Crippen molar-refractivity contribution in [3.63, 3.8) is 0 Å². The molecule has 0 radical (unpaired) electrons. The van der Waals surface area contributed by atoms with E-state index in [4.69, 9.17) is 5.73 Å². The van der Waals surface area contributed by atoms with E-state index in [0.717, 1.165) is 12.8 Å². The predicted octanol–water partition coefficient (Wildman–Crippen LogP) is 1.89. The van der Waals surface area contributed by atoms with Gasteiger partial charge < -0.3 is 16.2 Å². The monoisotopic (exact) mass is 242 g/mol. The number of nitrogens with one attached hydrogen (secondary N) is 1. The molecule has 3 nitrogen and oxygen atoms in total. The smallest absolute Gasteiger partial charge is 0.0526 e. The van der Waals surface area contributed by atoms with E-state index in [-0.39, 0.29) is 11.6 Å². The van der Waals surface area contributed by atoms with Crippen LogP contribution in [0.2, 0.25) is 0 Å². The van der Waals surface area contributed by atoms with Crippen LogP contribution in [0.5, 0.6) is 0 Å². The molecule has 0 heterocycles. The summed E-state index contributed by atoms with van der Waals surface area (Å²) >= 11 is 0. The van der Waals surface area contributed by atoms with Gasteiger partial charge in [-0.25, -0.2) is 0 Å². The van der Waals surface area contributed by atoms with Crippen molar-refractivity contribution in [3.8, 4) is 0 Å². The van der Waals surface area contributed by atoms with Gasteiger partial charge in [-0.3, -0.25) is 0 Å². The van der Waals surface area contributed by atoms with E-state index in [1.165, 1.54) is 6.42 Å². The maximum atomic E-state index is 9.45. The van der Waals surface area contributed by atoms with Crippen molar-refractivity contribution >= 4 is 0 Å². The normalized spacial score (nSPS) is 35.8. The van der Waals surface area contributed by atoms with Crippen LogP contribution in [0.15, 0.2) is 0 Å². The molecule has 4 unspecified atom stereocenters. The molecule has 0 spiro atoms. The maximum Gasteiger partial charge on any atom is 0.0526 e. The summed E-state index contributed by atoms with van der Waals surface area (Å²) in [5.41, 5.74) is 6.46. The Morgan fingerprint density at radius 2 is 2.00 bits per heavy atom. The number of aliphatic hydroxyl groups excluding tert-OH is 1. The topological polar surface area (TPSA) is 58.3 Å². The second-order valence-corrected chi connectivity index (χ2v) is 6.94. The number of hydrogen-bond acceptors (Lipinski definition) is 3. The van der Waals surface area contributed by atoms with Gasteiger partial charge in [0.15, 0.2) is 0 Å². The average Bonchev–Trinajstić information content (AvgIpc) is 2.35. The second-order valence-electron chi connectivity index (χ2n) is 6.94. The highest BCUT2D eigenvalue weighted by Gasteiger charge is 2.47. The van der Waals surface area contributed by atoms with Crippen LogP contribution in [-0.4, -0.2) is 29.3 Å². The maximum absolute atomic E-state index is 9.45. The molecule has 4 atom stereocenters. The van der Waals surface area contributed by atoms with Gasteiger partial charge in [0, 0.05) is 18.1 Å². The summed E-state index contributed by atoms with van der Waals surface area (Å²) in [6.07, 6.45) is 2.88. The van der Waals surface area contributed by atoms with Crippen LogP contribution in [0.4, 0.5) is 0 Å². The minimum absolute atomic E-state index is 0.0534. The van der Waals surface area contributed by atoms with Gasteiger partial charge in [-0.2, -0.15) is 0 Å². The van der Waals surface area contributed by atoms with E-state index < -0.39 is 0 Å². The molecule has 1 saturated carbocycles. The molecule has 1 aliphatic rings. The lowest BCUT2D eigenvalue weighted by molar-refractivity contribution is 0.150. The van der Waals surface area contributed by atoms with Crippen LogP contribution < -0.4 is 11.1 Å². The van der Waals surface area contributed by atoms with Gasteiger partial charge in [0.1, 0.15) is 0 Å². The molecule has 0 aliphatic heterocycles. The Morgan fingerprint density at radius 3 is 2.35 bits per heavy atom. The summed E-state index contributed by atoms with van der Waals surface area (Å²) in [5.74, 6) is 0.596. The summed E-state index contributed by atoms with van der Waals surface area (Å²) in [7, 11) is 0. The van der Waals surface area contributed by atoms with Gasteiger partial charge in [-0.1, -0.05) is 20.8 Å². The number of rotatable bonds is 5. The van der Waals surface area contributed by atoms with Crippen molar-refractivity contribution in [1.82, 2.24) is 5.32 Å². The number of nitrogens with two attached hydrogens (primary N) is 1. The molecule has 0 aromatic rings. The average molecular weight is 242 g/mol. The SMILES string of the molecule is CC(O)CC(C)NC1(CN)CC(C)(C)CC1C. The molecular formula is C14H30N2O. The fourth-order valence-electron chi connectivity index (χ4n) is 3.71. The van der Waals surface area contributed by atoms with Gasteiger partial charge in [0.25, 0.3) is 0 Å². The van der Waals surface area contributed by atoms with Crippen molar-refractivity contribution in [1.29, 1.82) is 0 Å². The Morgan fingerprint density at radius 1 is 1.41 bits per heavy atom. The highest BCUT2D eigenvalue weighted by molar-refractivity contribution is 5.05. The van der Waals surface area contributed by atoms with Gasteiger partial charge in [0.2, 0.25) is 0 Å². The van der Waals surface area contributed by atoms with Gasteiger partial charge >= 0.3 is 0 Å². The second kappa shape index (κ2) is 5.25. The van der Waals surface area contributed by atoms with Crippen molar-refractivity contribution < 1.29 is 5.11 Å². The zero-order valence-corrected chi connectivity index (χ0v) is 12.1. The Bertz CT molecular complexity index is 253. The Balaban J connectivity index is 2.70. The first-order valence-electron chi connectivity index (χ1n) is 6.86. The van der Waals surface area contributed by atoms with Crippen LogP contribution in [0.25, 0.3) is 0 Å². The van der Waals surface area contributed by atoms with Crippen molar-refractivity contribution in [2.45, 2.75) is 71.6 Å². The van der Waals surface area contributed by atoms with Gasteiger partial charge in [0.05, 0.1) is 6.10 Å². The van der Waals surface area contributed by atoms with Crippen molar-refractivity contribution in [2.75, 3.05) is 6.54 Å². The first-order valence-corrected chi connectivity index (χ1v) is 6.86. The van der Waals surface area contributed by atoms with Crippen LogP contribution in [-0.2, 0) is 0 Å². The Hall–Kier alpha value is -0.120. The highest BCUT2D eigenvalue weighted by Crippen LogP contribution is 2.47. The first-order chi connectivity index (χ1) is 7.71. The molecule has 0 saturated heterocycles. The Kier molecular flexibility index (Phi) is 4.61. The molecule has 1 aliphatic carbocycles. The highest BCUT2D eigenvalue weighted by atomic mass is 16.3. The van der Waals surface area contributed by atoms with Gasteiger partial charge in [-0.15, -0.1) is 0 Å². The number of hydrogen-bond donors (Lipinski definition) is 3. The van der Waals surface area contributed by atoms with E-state index in [0.29, 0.717) is 23.9 Å². The van der Waals surface area contributed by atoms with Crippen molar-refractivity contribution in [2.24, 2.45) is 17.1 Å². The molecule has 0 aromatic heterocycles. The third-order valence-corrected chi connectivity index (χ3v) is 4.19. The molecule has 0 amide bonds. The Labute approximate surface area is 106 Å². The third-order valence-electron chi connectivity index (χ3n) is 4.19. The summed E-state index contributed by atoms with van der Waals surface area (Å²) < 4.78 is 0. The van der Waals surface area contributed by atoms with Crippen LogP contribution in [0.1, 0.15) is 53.9 Å². The molecule has 3 heteroatoms. The van der Waals surface area contributed by atoms with Crippen LogP contribution in [0.3, 0.4) is 0 Å². The zero-order chi connectivity index (χ0) is 13.3. The minimum atomic E-state index is -0.253. The van der Waals surface area contributed by atoms with E-state index in [1.807, 2.05) is 6.92 Å². The molecular weight excluding hydrogens is 212 g/mol. The summed E-state index contributed by atoms with van der Waals surface area (Å²) in [6.45, 7) is 11.6. The molecule has 0 bridgehead atoms. The zero-order valence-electron chi connectivity index (χ0n) is 12.1. The lowest BCUT2D eigenvalue weighted by Gasteiger charge is -2.37. The largest absolute Gasteiger partial charge is 0.393 e. The van der Waals surface area contributed by atoms with Crippen molar-refractivity contribution in [3.05, 3.63) is 0 Å². The molecule has 0 aromatic carbocycles. The van der Waals surface area contributed by atoms with Crippen LogP contribution >= 0.6 is 0 Å². The predicted molar refractivity (Wildman–Crippen MR) is 72.9 cm³/mol. The first kappa shape index (κ1) is 14.9. The number of aliphatic hydroxyl groups is 1. The van der Waals surface area contributed by atoms with E-state index in [1.54, 1.807) is 0 Å². The molecule has 102 valence electrons.